The maximum absolute atomic E-state index is 5.69. The molecule has 2 rings (SSSR count). The third-order valence-electron chi connectivity index (χ3n) is 2.08. The number of nitrogens with zero attached hydrogens (tertiary/aromatic N) is 2. The highest BCUT2D eigenvalue weighted by atomic mass is 35.5. The van der Waals surface area contributed by atoms with Crippen molar-refractivity contribution in [3.05, 3.63) is 17.5 Å². The van der Waals surface area contributed by atoms with Crippen LogP contribution in [0.5, 0.6) is 6.01 Å². The minimum Gasteiger partial charge on any atom is -0.455 e. The van der Waals surface area contributed by atoms with Crippen LogP contribution in [0.4, 0.5) is 0 Å². The average molecular weight is 215 g/mol. The molecule has 0 unspecified atom stereocenters. The van der Waals surface area contributed by atoms with E-state index in [0.717, 1.165) is 11.3 Å². The molecular formula is C9H11ClN2O2. The fraction of sp³-hybridized carbons (Fsp3) is 0.556. The summed E-state index contributed by atoms with van der Waals surface area (Å²) in [5.74, 6) is 0.429. The van der Waals surface area contributed by atoms with Crippen LogP contribution in [0.2, 0.25) is 0 Å². The van der Waals surface area contributed by atoms with Gasteiger partial charge in [-0.3, -0.25) is 0 Å². The molecule has 0 radical (unpaired) electrons. The van der Waals surface area contributed by atoms with Gasteiger partial charge in [0.2, 0.25) is 0 Å². The summed E-state index contributed by atoms with van der Waals surface area (Å²) in [5, 5.41) is 0. The Morgan fingerprint density at radius 2 is 2.43 bits per heavy atom. The first-order valence-corrected chi connectivity index (χ1v) is 4.96. The highest BCUT2D eigenvalue weighted by Crippen LogP contribution is 2.14. The molecule has 0 atom stereocenters. The van der Waals surface area contributed by atoms with Gasteiger partial charge in [-0.1, -0.05) is 0 Å². The van der Waals surface area contributed by atoms with Gasteiger partial charge >= 0.3 is 6.01 Å². The number of aryl methyl sites for hydroxylation is 1. The quantitative estimate of drug-likeness (QED) is 0.712. The summed E-state index contributed by atoms with van der Waals surface area (Å²) in [6.45, 7) is 3.14. The molecule has 2 heterocycles. The molecule has 5 heteroatoms. The van der Waals surface area contributed by atoms with Gasteiger partial charge in [-0.25, -0.2) is 9.97 Å². The Morgan fingerprint density at radius 1 is 1.64 bits per heavy atom. The van der Waals surface area contributed by atoms with E-state index in [2.05, 4.69) is 9.97 Å². The third kappa shape index (κ3) is 1.96. The number of aromatic nitrogens is 2. The molecular weight excluding hydrogens is 204 g/mol. The lowest BCUT2D eigenvalue weighted by atomic mass is 10.3. The fourth-order valence-corrected chi connectivity index (χ4v) is 1.35. The van der Waals surface area contributed by atoms with Gasteiger partial charge in [0.1, 0.15) is 6.10 Å². The molecule has 0 N–H and O–H groups in total. The van der Waals surface area contributed by atoms with Gasteiger partial charge in [0.15, 0.2) is 0 Å². The molecule has 1 aromatic rings. The fourth-order valence-electron chi connectivity index (χ4n) is 1.09. The Morgan fingerprint density at radius 3 is 2.93 bits per heavy atom. The van der Waals surface area contributed by atoms with Crippen LogP contribution >= 0.6 is 11.6 Å². The van der Waals surface area contributed by atoms with Crippen LogP contribution in [0.1, 0.15) is 11.3 Å². The molecule has 1 aliphatic heterocycles. The van der Waals surface area contributed by atoms with Crippen LogP contribution in [-0.2, 0) is 10.6 Å². The van der Waals surface area contributed by atoms with Crippen molar-refractivity contribution in [3.63, 3.8) is 0 Å². The zero-order valence-corrected chi connectivity index (χ0v) is 8.62. The van der Waals surface area contributed by atoms with E-state index in [1.54, 1.807) is 6.20 Å². The summed E-state index contributed by atoms with van der Waals surface area (Å²) in [7, 11) is 0. The summed E-state index contributed by atoms with van der Waals surface area (Å²) in [4.78, 5) is 8.25. The van der Waals surface area contributed by atoms with Crippen LogP contribution < -0.4 is 4.74 Å². The van der Waals surface area contributed by atoms with E-state index in [4.69, 9.17) is 21.1 Å². The number of halogens is 1. The van der Waals surface area contributed by atoms with Crippen LogP contribution in [0.25, 0.3) is 0 Å². The number of rotatable bonds is 3. The van der Waals surface area contributed by atoms with Crippen LogP contribution in [0.15, 0.2) is 6.20 Å². The maximum Gasteiger partial charge on any atom is 0.317 e. The van der Waals surface area contributed by atoms with Crippen molar-refractivity contribution in [2.75, 3.05) is 13.2 Å². The first-order chi connectivity index (χ1) is 6.79. The molecule has 1 fully saturated rings. The van der Waals surface area contributed by atoms with Gasteiger partial charge in [-0.05, 0) is 6.92 Å². The summed E-state index contributed by atoms with van der Waals surface area (Å²) in [5.41, 5.74) is 1.80. The van der Waals surface area contributed by atoms with E-state index in [-0.39, 0.29) is 6.10 Å². The lowest BCUT2D eigenvalue weighted by molar-refractivity contribution is -0.0831. The molecule has 0 aliphatic carbocycles. The van der Waals surface area contributed by atoms with Crippen LogP contribution in [-0.4, -0.2) is 29.3 Å². The van der Waals surface area contributed by atoms with Gasteiger partial charge in [0.25, 0.3) is 0 Å². The Bertz CT molecular complexity index is 329. The average Bonchev–Trinajstić information content (AvgIpc) is 2.12. The van der Waals surface area contributed by atoms with Gasteiger partial charge in [-0.15, -0.1) is 11.6 Å². The van der Waals surface area contributed by atoms with E-state index in [0.29, 0.717) is 25.1 Å². The zero-order chi connectivity index (χ0) is 9.97. The predicted octanol–water partition coefficient (Wildman–Crippen LogP) is 1.30. The Balaban J connectivity index is 2.07. The largest absolute Gasteiger partial charge is 0.455 e. The van der Waals surface area contributed by atoms with Crippen molar-refractivity contribution in [3.8, 4) is 6.01 Å². The molecule has 0 spiro atoms. The number of ether oxygens (including phenoxy) is 2. The Labute approximate surface area is 87.2 Å². The normalized spacial score (nSPS) is 16.4. The van der Waals surface area contributed by atoms with E-state index in [1.165, 1.54) is 0 Å². The van der Waals surface area contributed by atoms with E-state index in [9.17, 15) is 0 Å². The molecule has 0 aromatic carbocycles. The van der Waals surface area contributed by atoms with E-state index < -0.39 is 0 Å². The molecule has 1 aliphatic rings. The van der Waals surface area contributed by atoms with Crippen molar-refractivity contribution in [1.82, 2.24) is 9.97 Å². The molecule has 0 saturated carbocycles. The van der Waals surface area contributed by atoms with E-state index >= 15 is 0 Å². The number of hydrogen-bond donors (Lipinski definition) is 0. The van der Waals surface area contributed by atoms with Gasteiger partial charge < -0.3 is 9.47 Å². The van der Waals surface area contributed by atoms with Crippen molar-refractivity contribution < 1.29 is 9.47 Å². The minimum absolute atomic E-state index is 0.108. The highest BCUT2D eigenvalue weighted by molar-refractivity contribution is 6.17. The molecule has 4 nitrogen and oxygen atoms in total. The zero-order valence-electron chi connectivity index (χ0n) is 7.86. The smallest absolute Gasteiger partial charge is 0.317 e. The second kappa shape index (κ2) is 4.11. The summed E-state index contributed by atoms with van der Waals surface area (Å²) in [6.07, 6.45) is 1.81. The highest BCUT2D eigenvalue weighted by Gasteiger charge is 2.21. The standard InChI is InChI=1S/C9H11ClN2O2/c1-6-7(2-10)3-11-9(12-6)14-8-4-13-5-8/h3,8H,2,4-5H2,1H3. The minimum atomic E-state index is 0.108. The second-order valence-corrected chi connectivity index (χ2v) is 3.44. The Hall–Kier alpha value is -0.870. The Kier molecular flexibility index (Phi) is 2.84. The first kappa shape index (κ1) is 9.68. The number of hydrogen-bond acceptors (Lipinski definition) is 4. The SMILES string of the molecule is Cc1nc(OC2COC2)ncc1CCl. The summed E-state index contributed by atoms with van der Waals surface area (Å²) < 4.78 is 10.4. The van der Waals surface area contributed by atoms with Crippen molar-refractivity contribution in [2.24, 2.45) is 0 Å². The predicted molar refractivity (Wildman–Crippen MR) is 51.6 cm³/mol. The summed E-state index contributed by atoms with van der Waals surface area (Å²) in [6, 6.07) is 0.407. The molecule has 1 saturated heterocycles. The van der Waals surface area contributed by atoms with Crippen molar-refractivity contribution >= 4 is 11.6 Å². The molecule has 0 amide bonds. The lowest BCUT2D eigenvalue weighted by Gasteiger charge is -2.25. The van der Waals surface area contributed by atoms with Crippen LogP contribution in [0.3, 0.4) is 0 Å². The molecule has 76 valence electrons. The van der Waals surface area contributed by atoms with Crippen molar-refractivity contribution in [1.29, 1.82) is 0 Å². The van der Waals surface area contributed by atoms with Gasteiger partial charge in [0, 0.05) is 17.5 Å². The van der Waals surface area contributed by atoms with Crippen molar-refractivity contribution in [2.45, 2.75) is 18.9 Å². The topological polar surface area (TPSA) is 44.2 Å². The number of alkyl halides is 1. The monoisotopic (exact) mass is 214 g/mol. The molecule has 1 aromatic heterocycles. The maximum atomic E-state index is 5.69. The summed E-state index contributed by atoms with van der Waals surface area (Å²) >= 11 is 5.69. The van der Waals surface area contributed by atoms with E-state index in [1.807, 2.05) is 6.92 Å². The van der Waals surface area contributed by atoms with Crippen LogP contribution in [0, 0.1) is 6.92 Å². The lowest BCUT2D eigenvalue weighted by Crippen LogP contribution is -2.39. The second-order valence-electron chi connectivity index (χ2n) is 3.17. The first-order valence-electron chi connectivity index (χ1n) is 4.42. The van der Waals surface area contributed by atoms with Gasteiger partial charge in [-0.2, -0.15) is 0 Å². The molecule has 14 heavy (non-hydrogen) atoms. The van der Waals surface area contributed by atoms with Gasteiger partial charge in [0.05, 0.1) is 19.1 Å². The molecule has 0 bridgehead atoms. The third-order valence-corrected chi connectivity index (χ3v) is 2.37.